The molecule has 0 atom stereocenters. The van der Waals surface area contributed by atoms with Crippen LogP contribution in [0.4, 0.5) is 0 Å². The Morgan fingerprint density at radius 2 is 1.97 bits per heavy atom. The van der Waals surface area contributed by atoms with Crippen LogP contribution < -0.4 is 5.32 Å². The lowest BCUT2D eigenvalue weighted by Crippen LogP contribution is -2.38. The van der Waals surface area contributed by atoms with E-state index in [-0.39, 0.29) is 12.2 Å². The lowest BCUT2D eigenvalue weighted by molar-refractivity contribution is 0.0691. The second kappa shape index (κ2) is 8.62. The largest absolute Gasteiger partial charge is 0.389 e. The fraction of sp³-hybridized carbons (Fsp3) is 0.208. The zero-order chi connectivity index (χ0) is 23.8. The molecule has 0 aliphatic carbocycles. The number of benzene rings is 1. The fourth-order valence-electron chi connectivity index (χ4n) is 3.40. The number of amides is 1. The molecule has 0 aliphatic heterocycles. The Hall–Kier alpha value is -3.80. The summed E-state index contributed by atoms with van der Waals surface area (Å²) in [5, 5.41) is 26.8. The van der Waals surface area contributed by atoms with Crippen molar-refractivity contribution in [2.24, 2.45) is 0 Å². The predicted molar refractivity (Wildman–Crippen MR) is 125 cm³/mol. The van der Waals surface area contributed by atoms with E-state index in [0.717, 1.165) is 11.1 Å². The van der Waals surface area contributed by atoms with Gasteiger partial charge in [0.15, 0.2) is 5.65 Å². The molecule has 0 saturated carbocycles. The predicted octanol–water partition coefficient (Wildman–Crippen LogP) is 3.79. The average Bonchev–Trinajstić information content (AvgIpc) is 3.15. The minimum atomic E-state index is -1.05. The highest BCUT2D eigenvalue weighted by molar-refractivity contribution is 6.29. The first-order chi connectivity index (χ1) is 15.6. The molecule has 166 valence electrons. The number of hydrogen-bond donors (Lipinski definition) is 2. The van der Waals surface area contributed by atoms with Crippen molar-refractivity contribution in [2.45, 2.75) is 26.4 Å². The van der Waals surface area contributed by atoms with Crippen LogP contribution in [0, 0.1) is 18.3 Å². The molecule has 9 heteroatoms. The van der Waals surface area contributed by atoms with Gasteiger partial charge in [0, 0.05) is 23.4 Å². The maximum Gasteiger partial charge on any atom is 0.271 e. The smallest absolute Gasteiger partial charge is 0.271 e. The summed E-state index contributed by atoms with van der Waals surface area (Å²) in [5.74, 6) is -0.421. The van der Waals surface area contributed by atoms with Gasteiger partial charge in [-0.25, -0.2) is 14.5 Å². The van der Waals surface area contributed by atoms with Gasteiger partial charge in [-0.2, -0.15) is 10.4 Å². The van der Waals surface area contributed by atoms with E-state index in [0.29, 0.717) is 33.4 Å². The number of fused-ring (bicyclic) bond motifs is 1. The van der Waals surface area contributed by atoms with Gasteiger partial charge in [-0.15, -0.1) is 0 Å². The van der Waals surface area contributed by atoms with Crippen LogP contribution in [0.1, 0.15) is 35.6 Å². The first-order valence-corrected chi connectivity index (χ1v) is 10.6. The number of nitrogens with one attached hydrogen (secondary N) is 1. The quantitative estimate of drug-likeness (QED) is 0.437. The molecule has 1 amide bonds. The molecule has 8 nitrogen and oxygen atoms in total. The number of imidazole rings is 1. The molecule has 3 aromatic heterocycles. The Bertz CT molecular complexity index is 1390. The summed E-state index contributed by atoms with van der Waals surface area (Å²) in [6, 6.07) is 16.1. The number of carbonyl (C=O) groups excluding carboxylic acids is 1. The van der Waals surface area contributed by atoms with Gasteiger partial charge in [0.05, 0.1) is 22.9 Å². The molecule has 0 spiro atoms. The molecule has 2 N–H and O–H groups in total. The summed E-state index contributed by atoms with van der Waals surface area (Å²) < 4.78 is 1.58. The van der Waals surface area contributed by atoms with Crippen LogP contribution in [0.2, 0.25) is 5.15 Å². The van der Waals surface area contributed by atoms with Crippen LogP contribution >= 0.6 is 11.6 Å². The number of aliphatic hydroxyl groups is 1. The Labute approximate surface area is 195 Å². The van der Waals surface area contributed by atoms with E-state index < -0.39 is 11.5 Å². The first kappa shape index (κ1) is 22.4. The van der Waals surface area contributed by atoms with Crippen molar-refractivity contribution < 1.29 is 9.90 Å². The molecule has 0 unspecified atom stereocenters. The monoisotopic (exact) mass is 460 g/mol. The van der Waals surface area contributed by atoms with E-state index in [9.17, 15) is 15.2 Å². The van der Waals surface area contributed by atoms with Gasteiger partial charge in [0.1, 0.15) is 16.5 Å². The van der Waals surface area contributed by atoms with Gasteiger partial charge in [0.2, 0.25) is 0 Å². The third-order valence-electron chi connectivity index (χ3n) is 4.85. The van der Waals surface area contributed by atoms with Crippen LogP contribution in [0.15, 0.2) is 48.5 Å². The molecule has 0 radical (unpaired) electrons. The first-order valence-electron chi connectivity index (χ1n) is 10.2. The lowest BCUT2D eigenvalue weighted by Gasteiger charge is -2.17. The molecule has 4 rings (SSSR count). The summed E-state index contributed by atoms with van der Waals surface area (Å²) in [7, 11) is 0. The molecule has 33 heavy (non-hydrogen) atoms. The molecule has 0 aliphatic rings. The van der Waals surface area contributed by atoms with E-state index >= 15 is 0 Å². The number of pyridine rings is 1. The molecule has 0 fully saturated rings. The van der Waals surface area contributed by atoms with Gasteiger partial charge in [-0.1, -0.05) is 23.7 Å². The highest BCUT2D eigenvalue weighted by Crippen LogP contribution is 2.34. The number of halogens is 1. The van der Waals surface area contributed by atoms with Crippen LogP contribution in [-0.4, -0.2) is 42.7 Å². The summed E-state index contributed by atoms with van der Waals surface area (Å²) in [5.41, 5.74) is 3.51. The van der Waals surface area contributed by atoms with Gasteiger partial charge in [-0.05, 0) is 57.2 Å². The maximum absolute atomic E-state index is 12.7. The van der Waals surface area contributed by atoms with E-state index in [2.05, 4.69) is 21.5 Å². The number of hydrogen-bond acceptors (Lipinski definition) is 6. The van der Waals surface area contributed by atoms with Crippen molar-refractivity contribution in [1.82, 2.24) is 24.9 Å². The number of carbonyl (C=O) groups is 1. The van der Waals surface area contributed by atoms with Crippen molar-refractivity contribution in [3.63, 3.8) is 0 Å². The third-order valence-corrected chi connectivity index (χ3v) is 5.05. The van der Waals surface area contributed by atoms with Crippen LogP contribution in [-0.2, 0) is 0 Å². The number of nitriles is 1. The van der Waals surface area contributed by atoms with Crippen LogP contribution in [0.3, 0.4) is 0 Å². The van der Waals surface area contributed by atoms with Crippen molar-refractivity contribution in [1.29, 1.82) is 5.26 Å². The lowest BCUT2D eigenvalue weighted by atomic mass is 10.0. The fourth-order valence-corrected chi connectivity index (χ4v) is 3.65. The van der Waals surface area contributed by atoms with E-state index in [1.807, 2.05) is 19.1 Å². The molecule has 3 heterocycles. The highest BCUT2D eigenvalue weighted by atomic mass is 35.5. The Morgan fingerprint density at radius 1 is 1.18 bits per heavy atom. The zero-order valence-corrected chi connectivity index (χ0v) is 19.1. The Balaban J connectivity index is 1.92. The van der Waals surface area contributed by atoms with Gasteiger partial charge in [0.25, 0.3) is 5.91 Å². The van der Waals surface area contributed by atoms with Gasteiger partial charge >= 0.3 is 0 Å². The minimum Gasteiger partial charge on any atom is -0.389 e. The standard InChI is InChI=1S/C24H21ClN6O2/c1-14-9-17(11-19(25)28-14)22-21(16-6-4-5-15(10-16)12-26)29-20-8-7-18(30-31(20)22)23(32)27-13-24(2,3)33/h4-11,33H,13H2,1-3H3,(H,27,32). The Morgan fingerprint density at radius 3 is 2.67 bits per heavy atom. The zero-order valence-electron chi connectivity index (χ0n) is 18.3. The van der Waals surface area contributed by atoms with Crippen molar-refractivity contribution in [3.8, 4) is 28.6 Å². The van der Waals surface area contributed by atoms with Crippen molar-refractivity contribution >= 4 is 23.2 Å². The van der Waals surface area contributed by atoms with Crippen LogP contribution in [0.5, 0.6) is 0 Å². The molecule has 4 aromatic rings. The molecule has 1 aromatic carbocycles. The van der Waals surface area contributed by atoms with Crippen molar-refractivity contribution in [3.05, 3.63) is 70.6 Å². The van der Waals surface area contributed by atoms with E-state index in [4.69, 9.17) is 16.6 Å². The highest BCUT2D eigenvalue weighted by Gasteiger charge is 2.21. The Kier molecular flexibility index (Phi) is 5.85. The van der Waals surface area contributed by atoms with Gasteiger partial charge in [-0.3, -0.25) is 4.79 Å². The normalized spacial score (nSPS) is 11.4. The summed E-state index contributed by atoms with van der Waals surface area (Å²) in [6.07, 6.45) is 0. The summed E-state index contributed by atoms with van der Waals surface area (Å²) in [6.45, 7) is 5.12. The summed E-state index contributed by atoms with van der Waals surface area (Å²) in [4.78, 5) is 21.6. The molecular formula is C24H21ClN6O2. The van der Waals surface area contributed by atoms with Crippen LogP contribution in [0.25, 0.3) is 28.2 Å². The number of nitrogens with zero attached hydrogens (tertiary/aromatic N) is 5. The molecule has 0 bridgehead atoms. The van der Waals surface area contributed by atoms with Crippen molar-refractivity contribution in [2.75, 3.05) is 6.54 Å². The number of aromatic nitrogens is 4. The second-order valence-electron chi connectivity index (χ2n) is 8.31. The number of aryl methyl sites for hydroxylation is 1. The molecular weight excluding hydrogens is 440 g/mol. The second-order valence-corrected chi connectivity index (χ2v) is 8.69. The van der Waals surface area contributed by atoms with E-state index in [1.165, 1.54) is 0 Å². The average molecular weight is 461 g/mol. The topological polar surface area (TPSA) is 116 Å². The number of rotatable bonds is 5. The SMILES string of the molecule is Cc1cc(-c2c(-c3cccc(C#N)c3)nc3ccc(C(=O)NCC(C)(C)O)nn23)cc(Cl)n1. The van der Waals surface area contributed by atoms with E-state index in [1.54, 1.807) is 54.8 Å². The third kappa shape index (κ3) is 4.85. The maximum atomic E-state index is 12.7. The van der Waals surface area contributed by atoms with Gasteiger partial charge < -0.3 is 10.4 Å². The minimum absolute atomic E-state index is 0.0771. The summed E-state index contributed by atoms with van der Waals surface area (Å²) >= 11 is 6.24. The molecule has 0 saturated heterocycles.